The zero-order chi connectivity index (χ0) is 22.6. The molecule has 1 aromatic rings. The number of nitrogens with zero attached hydrogens (tertiary/aromatic N) is 1. The summed E-state index contributed by atoms with van der Waals surface area (Å²) in [7, 11) is 0. The molecule has 7 heteroatoms. The lowest BCUT2D eigenvalue weighted by molar-refractivity contribution is 0.0454. The summed E-state index contributed by atoms with van der Waals surface area (Å²) in [6.45, 7) is 11.6. The monoisotopic (exact) mass is 429 g/mol. The summed E-state index contributed by atoms with van der Waals surface area (Å²) in [5, 5.41) is 5.57. The third kappa shape index (κ3) is 5.32. The number of hydrogen-bond acceptors (Lipinski definition) is 5. The van der Waals surface area contributed by atoms with E-state index in [9.17, 15) is 9.59 Å². The van der Waals surface area contributed by atoms with Crippen LogP contribution in [-0.4, -0.2) is 44.5 Å². The number of hydrogen-bond donors (Lipinski definition) is 2. The standard InChI is InChI=1S/C24H35N3O4/c1-16(2)12-25-22(28)30-14-24(15-31-23(29)26-13-17(3)4)11-20-10-19-8-6-7-9-21(19)27(20)18(24)5/h6-9,11,16-18H,10,12-15H2,1-5H3,(H,25,28)(H,26,29). The Morgan fingerprint density at radius 3 is 2.13 bits per heavy atom. The quantitative estimate of drug-likeness (QED) is 0.651. The normalized spacial score (nSPS) is 18.5. The van der Waals surface area contributed by atoms with Crippen LogP contribution >= 0.6 is 0 Å². The number of alkyl carbamates (subject to hydrolysis) is 2. The highest BCUT2D eigenvalue weighted by atomic mass is 16.6. The number of benzene rings is 1. The molecule has 0 bridgehead atoms. The van der Waals surface area contributed by atoms with Gasteiger partial charge in [0.15, 0.2) is 0 Å². The van der Waals surface area contributed by atoms with Crippen LogP contribution in [0, 0.1) is 17.3 Å². The highest BCUT2D eigenvalue weighted by molar-refractivity contribution is 5.70. The Kier molecular flexibility index (Phi) is 7.13. The summed E-state index contributed by atoms with van der Waals surface area (Å²) in [4.78, 5) is 26.7. The van der Waals surface area contributed by atoms with E-state index in [0.717, 1.165) is 17.8 Å². The molecule has 2 N–H and O–H groups in total. The van der Waals surface area contributed by atoms with Gasteiger partial charge in [0.25, 0.3) is 0 Å². The number of ether oxygens (including phenoxy) is 2. The van der Waals surface area contributed by atoms with Gasteiger partial charge in [0.05, 0.1) is 5.41 Å². The molecule has 170 valence electrons. The minimum absolute atomic E-state index is 0.0260. The number of allylic oxidation sites excluding steroid dienone is 1. The van der Waals surface area contributed by atoms with Crippen LogP contribution in [0.15, 0.2) is 36.0 Å². The van der Waals surface area contributed by atoms with Crippen LogP contribution in [0.3, 0.4) is 0 Å². The fraction of sp³-hybridized carbons (Fsp3) is 0.583. The molecule has 0 spiro atoms. The number of para-hydroxylation sites is 1. The largest absolute Gasteiger partial charge is 0.448 e. The van der Waals surface area contributed by atoms with E-state index in [2.05, 4.69) is 40.7 Å². The van der Waals surface area contributed by atoms with Gasteiger partial charge in [-0.15, -0.1) is 0 Å². The van der Waals surface area contributed by atoms with Crippen molar-refractivity contribution in [2.24, 2.45) is 17.3 Å². The first-order chi connectivity index (χ1) is 14.7. The van der Waals surface area contributed by atoms with Crippen molar-refractivity contribution < 1.29 is 19.1 Å². The predicted octanol–water partition coefficient (Wildman–Crippen LogP) is 4.09. The first-order valence-corrected chi connectivity index (χ1v) is 11.1. The third-order valence-corrected chi connectivity index (χ3v) is 5.86. The summed E-state index contributed by atoms with van der Waals surface area (Å²) in [5.74, 6) is 0.674. The molecular formula is C24H35N3O4. The molecule has 1 atom stereocenters. The number of fused-ring (bicyclic) bond motifs is 3. The molecule has 31 heavy (non-hydrogen) atoms. The highest BCUT2D eigenvalue weighted by Crippen LogP contribution is 2.47. The highest BCUT2D eigenvalue weighted by Gasteiger charge is 2.49. The SMILES string of the molecule is CC(C)CNC(=O)OCC1(COC(=O)NCC(C)C)C=C2Cc3ccccc3N2C1C. The Balaban J connectivity index is 1.74. The second-order valence-corrected chi connectivity index (χ2v) is 9.42. The predicted molar refractivity (Wildman–Crippen MR) is 121 cm³/mol. The van der Waals surface area contributed by atoms with E-state index in [1.807, 2.05) is 39.8 Å². The number of anilines is 1. The second kappa shape index (κ2) is 9.62. The van der Waals surface area contributed by atoms with Crippen molar-refractivity contribution in [2.75, 3.05) is 31.2 Å². The third-order valence-electron chi connectivity index (χ3n) is 5.86. The fourth-order valence-corrected chi connectivity index (χ4v) is 4.06. The van der Waals surface area contributed by atoms with Gasteiger partial charge >= 0.3 is 12.2 Å². The van der Waals surface area contributed by atoms with Crippen molar-refractivity contribution in [2.45, 2.75) is 47.1 Å². The van der Waals surface area contributed by atoms with E-state index in [4.69, 9.17) is 9.47 Å². The molecule has 0 saturated carbocycles. The lowest BCUT2D eigenvalue weighted by Gasteiger charge is -2.35. The van der Waals surface area contributed by atoms with Crippen LogP contribution in [-0.2, 0) is 15.9 Å². The van der Waals surface area contributed by atoms with Gasteiger partial charge in [0, 0.05) is 36.9 Å². The van der Waals surface area contributed by atoms with Gasteiger partial charge in [-0.05, 0) is 36.5 Å². The van der Waals surface area contributed by atoms with Crippen LogP contribution in [0.5, 0.6) is 0 Å². The molecular weight excluding hydrogens is 394 g/mol. The summed E-state index contributed by atoms with van der Waals surface area (Å²) < 4.78 is 11.2. The topological polar surface area (TPSA) is 79.9 Å². The number of nitrogens with one attached hydrogen (secondary N) is 2. The Bertz CT molecular complexity index is 806. The van der Waals surface area contributed by atoms with Gasteiger partial charge in [-0.3, -0.25) is 0 Å². The van der Waals surface area contributed by atoms with Gasteiger partial charge in [-0.1, -0.05) is 45.9 Å². The number of amides is 2. The van der Waals surface area contributed by atoms with Gasteiger partial charge in [-0.2, -0.15) is 0 Å². The van der Waals surface area contributed by atoms with E-state index in [-0.39, 0.29) is 19.3 Å². The maximum Gasteiger partial charge on any atom is 0.407 e. The molecule has 7 nitrogen and oxygen atoms in total. The van der Waals surface area contributed by atoms with Gasteiger partial charge in [0.1, 0.15) is 13.2 Å². The molecule has 0 saturated heterocycles. The van der Waals surface area contributed by atoms with Gasteiger partial charge < -0.3 is 25.0 Å². The molecule has 0 radical (unpaired) electrons. The molecule has 0 fully saturated rings. The maximum absolute atomic E-state index is 12.2. The summed E-state index contributed by atoms with van der Waals surface area (Å²) in [5.41, 5.74) is 2.98. The maximum atomic E-state index is 12.2. The molecule has 2 aliphatic heterocycles. The average molecular weight is 430 g/mol. The van der Waals surface area contributed by atoms with E-state index in [1.54, 1.807) is 0 Å². The van der Waals surface area contributed by atoms with Crippen molar-refractivity contribution in [3.8, 4) is 0 Å². The minimum Gasteiger partial charge on any atom is -0.448 e. The van der Waals surface area contributed by atoms with Crippen molar-refractivity contribution in [3.63, 3.8) is 0 Å². The first-order valence-electron chi connectivity index (χ1n) is 11.1. The second-order valence-electron chi connectivity index (χ2n) is 9.42. The smallest absolute Gasteiger partial charge is 0.407 e. The van der Waals surface area contributed by atoms with Crippen LogP contribution in [0.1, 0.15) is 40.2 Å². The molecule has 3 rings (SSSR count). The number of carbonyl (C=O) groups excluding carboxylic acids is 2. The first kappa shape index (κ1) is 23.0. The van der Waals surface area contributed by atoms with Crippen LogP contribution in [0.2, 0.25) is 0 Å². The van der Waals surface area contributed by atoms with Crippen LogP contribution < -0.4 is 15.5 Å². The lowest BCUT2D eigenvalue weighted by Crippen LogP contribution is -2.46. The zero-order valence-electron chi connectivity index (χ0n) is 19.2. The Labute approximate surface area is 185 Å². The average Bonchev–Trinajstić information content (AvgIpc) is 3.21. The molecule has 2 amide bonds. The van der Waals surface area contributed by atoms with Gasteiger partial charge in [0.2, 0.25) is 0 Å². The van der Waals surface area contributed by atoms with Crippen molar-refractivity contribution in [1.82, 2.24) is 10.6 Å². The summed E-state index contributed by atoms with van der Waals surface area (Å²) >= 11 is 0. The van der Waals surface area contributed by atoms with Crippen LogP contribution in [0.4, 0.5) is 15.3 Å². The minimum atomic E-state index is -0.618. The Morgan fingerprint density at radius 2 is 1.58 bits per heavy atom. The zero-order valence-corrected chi connectivity index (χ0v) is 19.2. The molecule has 2 aliphatic rings. The van der Waals surface area contributed by atoms with Crippen molar-refractivity contribution >= 4 is 17.9 Å². The molecule has 1 unspecified atom stereocenters. The van der Waals surface area contributed by atoms with E-state index < -0.39 is 17.6 Å². The number of carbonyl (C=O) groups is 2. The molecule has 1 aromatic carbocycles. The lowest BCUT2D eigenvalue weighted by atomic mass is 9.83. The van der Waals surface area contributed by atoms with Crippen molar-refractivity contribution in [1.29, 1.82) is 0 Å². The Morgan fingerprint density at radius 1 is 1.03 bits per heavy atom. The van der Waals surface area contributed by atoms with E-state index in [1.165, 1.54) is 5.56 Å². The van der Waals surface area contributed by atoms with E-state index >= 15 is 0 Å². The summed E-state index contributed by atoms with van der Waals surface area (Å²) in [6.07, 6.45) is 2.05. The number of rotatable bonds is 8. The Hall–Kier alpha value is -2.70. The molecule has 2 heterocycles. The molecule has 0 aliphatic carbocycles. The summed E-state index contributed by atoms with van der Waals surface area (Å²) in [6, 6.07) is 8.29. The fourth-order valence-electron chi connectivity index (χ4n) is 4.06. The molecule has 0 aromatic heterocycles. The van der Waals surface area contributed by atoms with E-state index in [0.29, 0.717) is 24.9 Å². The van der Waals surface area contributed by atoms with Gasteiger partial charge in [-0.25, -0.2) is 9.59 Å². The van der Waals surface area contributed by atoms with Crippen LogP contribution in [0.25, 0.3) is 0 Å². The van der Waals surface area contributed by atoms with Crippen molar-refractivity contribution in [3.05, 3.63) is 41.6 Å².